The lowest BCUT2D eigenvalue weighted by molar-refractivity contribution is 0.0728. The minimum absolute atomic E-state index is 0.0241. The maximum atomic E-state index is 13.0. The molecular weight excluding hydrogens is 366 g/mol. The van der Waals surface area contributed by atoms with Crippen molar-refractivity contribution >= 4 is 5.91 Å². The molecule has 4 heterocycles. The largest absolute Gasteiger partial charge is 0.340 e. The molecule has 2 aliphatic rings. The highest BCUT2D eigenvalue weighted by Gasteiger charge is 2.31. The minimum atomic E-state index is -0.0241. The Morgan fingerprint density at radius 1 is 1.28 bits per heavy atom. The van der Waals surface area contributed by atoms with E-state index in [-0.39, 0.29) is 5.91 Å². The van der Waals surface area contributed by atoms with Crippen LogP contribution in [0.25, 0.3) is 11.5 Å². The molecule has 0 N–H and O–H groups in total. The Morgan fingerprint density at radius 3 is 2.79 bits per heavy atom. The lowest BCUT2D eigenvalue weighted by Gasteiger charge is -2.27. The van der Waals surface area contributed by atoms with E-state index in [1.807, 2.05) is 18.1 Å². The van der Waals surface area contributed by atoms with Gasteiger partial charge in [0.15, 0.2) is 5.82 Å². The standard InChI is InChI=1S/C21H27N7O/c1-4-28-18-7-8-26(21(29)17-12-25(3)13-23-17)11-16(18)19(24-28)20-22-9-14(2)27(20)10-15-5-6-15/h9,12-13,15H,4-8,10-11H2,1-3H3. The zero-order chi connectivity index (χ0) is 20.1. The van der Waals surface area contributed by atoms with E-state index in [0.29, 0.717) is 18.8 Å². The van der Waals surface area contributed by atoms with Crippen LogP contribution in [0.5, 0.6) is 0 Å². The van der Waals surface area contributed by atoms with Crippen molar-refractivity contribution in [3.63, 3.8) is 0 Å². The smallest absolute Gasteiger partial charge is 0.274 e. The highest BCUT2D eigenvalue weighted by Crippen LogP contribution is 2.35. The van der Waals surface area contributed by atoms with Crippen molar-refractivity contribution in [1.29, 1.82) is 0 Å². The van der Waals surface area contributed by atoms with Crippen LogP contribution in [-0.2, 0) is 33.1 Å². The van der Waals surface area contributed by atoms with Crippen LogP contribution in [-0.4, -0.2) is 46.2 Å². The summed E-state index contributed by atoms with van der Waals surface area (Å²) in [5.41, 5.74) is 4.95. The Hall–Kier alpha value is -2.90. The van der Waals surface area contributed by atoms with E-state index in [0.717, 1.165) is 42.5 Å². The van der Waals surface area contributed by atoms with Crippen molar-refractivity contribution in [1.82, 2.24) is 33.8 Å². The van der Waals surface area contributed by atoms with Crippen molar-refractivity contribution < 1.29 is 4.79 Å². The molecule has 1 aliphatic heterocycles. The maximum absolute atomic E-state index is 13.0. The van der Waals surface area contributed by atoms with E-state index in [1.54, 1.807) is 17.1 Å². The maximum Gasteiger partial charge on any atom is 0.274 e. The van der Waals surface area contributed by atoms with Gasteiger partial charge in [-0.25, -0.2) is 9.97 Å². The van der Waals surface area contributed by atoms with Crippen molar-refractivity contribution in [2.45, 2.75) is 52.7 Å². The summed E-state index contributed by atoms with van der Waals surface area (Å²) in [6.45, 7) is 7.28. The van der Waals surface area contributed by atoms with Crippen molar-refractivity contribution in [3.05, 3.63) is 41.4 Å². The summed E-state index contributed by atoms with van der Waals surface area (Å²) in [5.74, 6) is 1.67. The Labute approximate surface area is 170 Å². The average Bonchev–Trinajstić information content (AvgIpc) is 3.15. The fourth-order valence-electron chi connectivity index (χ4n) is 4.23. The molecule has 8 nitrogen and oxygen atoms in total. The van der Waals surface area contributed by atoms with Gasteiger partial charge in [-0.15, -0.1) is 0 Å². The third kappa shape index (κ3) is 3.16. The Kier molecular flexibility index (Phi) is 4.29. The predicted octanol–water partition coefficient (Wildman–Crippen LogP) is 2.42. The number of rotatable bonds is 5. The topological polar surface area (TPSA) is 73.8 Å². The van der Waals surface area contributed by atoms with Gasteiger partial charge in [-0.1, -0.05) is 0 Å². The number of hydrogen-bond donors (Lipinski definition) is 0. The minimum Gasteiger partial charge on any atom is -0.340 e. The van der Waals surface area contributed by atoms with Gasteiger partial charge >= 0.3 is 0 Å². The zero-order valence-corrected chi connectivity index (χ0v) is 17.3. The molecule has 29 heavy (non-hydrogen) atoms. The van der Waals surface area contributed by atoms with Crippen LogP contribution >= 0.6 is 0 Å². The molecule has 5 rings (SSSR count). The van der Waals surface area contributed by atoms with Crippen LogP contribution in [0.15, 0.2) is 18.7 Å². The molecule has 8 heteroatoms. The second-order valence-corrected chi connectivity index (χ2v) is 8.27. The van der Waals surface area contributed by atoms with Gasteiger partial charge < -0.3 is 14.0 Å². The molecule has 152 valence electrons. The lowest BCUT2D eigenvalue weighted by atomic mass is 10.0. The third-order valence-corrected chi connectivity index (χ3v) is 6.05. The number of carbonyl (C=O) groups is 1. The Bertz CT molecular complexity index is 1070. The first-order valence-electron chi connectivity index (χ1n) is 10.4. The molecule has 0 spiro atoms. The van der Waals surface area contributed by atoms with Gasteiger partial charge in [-0.3, -0.25) is 9.48 Å². The van der Waals surface area contributed by atoms with Crippen LogP contribution in [0.2, 0.25) is 0 Å². The molecule has 1 fully saturated rings. The van der Waals surface area contributed by atoms with Crippen molar-refractivity contribution in [3.8, 4) is 11.5 Å². The number of aryl methyl sites for hydroxylation is 3. The summed E-state index contributed by atoms with van der Waals surface area (Å²) in [6.07, 6.45) is 8.78. The molecule has 0 aromatic carbocycles. The highest BCUT2D eigenvalue weighted by molar-refractivity contribution is 5.92. The van der Waals surface area contributed by atoms with Crippen molar-refractivity contribution in [2.24, 2.45) is 13.0 Å². The molecule has 0 bridgehead atoms. The van der Waals surface area contributed by atoms with E-state index in [1.165, 1.54) is 24.2 Å². The monoisotopic (exact) mass is 393 g/mol. The molecule has 3 aromatic rings. The number of nitrogens with zero attached hydrogens (tertiary/aromatic N) is 7. The highest BCUT2D eigenvalue weighted by atomic mass is 16.2. The first-order valence-corrected chi connectivity index (χ1v) is 10.4. The van der Waals surface area contributed by atoms with Crippen LogP contribution in [0, 0.1) is 12.8 Å². The number of amides is 1. The molecular formula is C21H27N7O. The van der Waals surface area contributed by atoms with Crippen LogP contribution in [0.4, 0.5) is 0 Å². The van der Waals surface area contributed by atoms with Gasteiger partial charge in [0, 0.05) is 62.4 Å². The normalized spacial score (nSPS) is 16.3. The van der Waals surface area contributed by atoms with Gasteiger partial charge in [0.05, 0.1) is 12.9 Å². The number of aromatic nitrogens is 6. The second-order valence-electron chi connectivity index (χ2n) is 8.27. The summed E-state index contributed by atoms with van der Waals surface area (Å²) in [4.78, 5) is 23.8. The molecule has 1 amide bonds. The number of carbonyl (C=O) groups excluding carboxylic acids is 1. The van der Waals surface area contributed by atoms with E-state index < -0.39 is 0 Å². The number of fused-ring (bicyclic) bond motifs is 1. The van der Waals surface area contributed by atoms with Gasteiger partial charge in [-0.2, -0.15) is 5.10 Å². The van der Waals surface area contributed by atoms with Gasteiger partial charge in [0.25, 0.3) is 5.91 Å². The quantitative estimate of drug-likeness (QED) is 0.667. The summed E-state index contributed by atoms with van der Waals surface area (Å²) in [6, 6.07) is 0. The molecule has 1 saturated carbocycles. The molecule has 0 saturated heterocycles. The predicted molar refractivity (Wildman–Crippen MR) is 108 cm³/mol. The number of imidazole rings is 2. The second kappa shape index (κ2) is 6.86. The first kappa shape index (κ1) is 18.1. The summed E-state index contributed by atoms with van der Waals surface area (Å²) < 4.78 is 6.19. The summed E-state index contributed by atoms with van der Waals surface area (Å²) >= 11 is 0. The molecule has 1 aliphatic carbocycles. The van der Waals surface area contributed by atoms with Gasteiger partial charge in [0.2, 0.25) is 0 Å². The molecule has 3 aromatic heterocycles. The van der Waals surface area contributed by atoms with Gasteiger partial charge in [-0.05, 0) is 32.6 Å². The van der Waals surface area contributed by atoms with E-state index in [2.05, 4.69) is 28.1 Å². The third-order valence-electron chi connectivity index (χ3n) is 6.05. The molecule has 0 radical (unpaired) electrons. The fourth-order valence-corrected chi connectivity index (χ4v) is 4.23. The fraction of sp³-hybridized carbons (Fsp3) is 0.524. The average molecular weight is 393 g/mol. The van der Waals surface area contributed by atoms with E-state index >= 15 is 0 Å². The number of hydrogen-bond acceptors (Lipinski definition) is 4. The molecule has 0 unspecified atom stereocenters. The molecule has 0 atom stereocenters. The Balaban J connectivity index is 1.51. The lowest BCUT2D eigenvalue weighted by Crippen LogP contribution is -2.36. The van der Waals surface area contributed by atoms with Gasteiger partial charge in [0.1, 0.15) is 11.4 Å². The van der Waals surface area contributed by atoms with Crippen LogP contribution in [0.3, 0.4) is 0 Å². The zero-order valence-electron chi connectivity index (χ0n) is 17.3. The van der Waals surface area contributed by atoms with Crippen LogP contribution in [0.1, 0.15) is 47.2 Å². The summed E-state index contributed by atoms with van der Waals surface area (Å²) in [5, 5.41) is 4.93. The SMILES string of the molecule is CCn1nc(-c2ncc(C)n2CC2CC2)c2c1CCN(C(=O)c1cn(C)cn1)C2. The summed E-state index contributed by atoms with van der Waals surface area (Å²) in [7, 11) is 1.88. The van der Waals surface area contributed by atoms with Crippen LogP contribution < -0.4 is 0 Å². The Morgan fingerprint density at radius 2 is 2.10 bits per heavy atom. The van der Waals surface area contributed by atoms with E-state index in [4.69, 9.17) is 10.1 Å². The van der Waals surface area contributed by atoms with Crippen molar-refractivity contribution in [2.75, 3.05) is 6.54 Å². The van der Waals surface area contributed by atoms with E-state index in [9.17, 15) is 4.79 Å². The first-order chi connectivity index (χ1) is 14.0.